The molecule has 3 rings (SSSR count). The lowest BCUT2D eigenvalue weighted by Crippen LogP contribution is -2.54. The number of nitrogens with one attached hydrogen (secondary N) is 3. The molecule has 0 fully saturated rings. The van der Waals surface area contributed by atoms with Crippen LogP contribution >= 0.6 is 0 Å². The Kier molecular flexibility index (Phi) is 9.63. The molecule has 14 heteroatoms. The molecule has 1 aromatic heterocycles. The zero-order valence-electron chi connectivity index (χ0n) is 21.8. The summed E-state index contributed by atoms with van der Waals surface area (Å²) < 4.78 is 61.9. The molecule has 2 unspecified atom stereocenters. The van der Waals surface area contributed by atoms with Gasteiger partial charge in [-0.2, -0.15) is 17.9 Å². The average molecular weight is 593 g/mol. The van der Waals surface area contributed by atoms with Gasteiger partial charge in [0.25, 0.3) is 11.8 Å². The van der Waals surface area contributed by atoms with Crippen molar-refractivity contribution < 1.29 is 41.1 Å². The fraction of sp³-hybridized carbons (Fsp3) is 0.259. The zero-order valence-corrected chi connectivity index (χ0v) is 22.7. The van der Waals surface area contributed by atoms with Gasteiger partial charge in [0.15, 0.2) is 12.0 Å². The first kappa shape index (κ1) is 31.4. The van der Waals surface area contributed by atoms with Gasteiger partial charge in [-0.1, -0.05) is 66.7 Å². The standard InChI is InChI=1S/C27H27F3N4O6S/c1-26(2,18-12-7-4-8-13-18)33-24(37)20-15-9-14-19(31-20)23(36)32-21(16-17-10-5-3-6-11-17)22(35)25(38)34-41(39,40)27(28,29)30/h3-15,21,25,34,38H,16H2,1-2H3,(H,32,36)(H,33,37). The van der Waals surface area contributed by atoms with Crippen LogP contribution in [0.2, 0.25) is 0 Å². The van der Waals surface area contributed by atoms with Crippen LogP contribution in [0.4, 0.5) is 13.2 Å². The van der Waals surface area contributed by atoms with E-state index in [1.54, 1.807) is 44.2 Å². The quantitative estimate of drug-likeness (QED) is 0.249. The number of rotatable bonds is 11. The Balaban J connectivity index is 1.81. The molecule has 2 amide bonds. The van der Waals surface area contributed by atoms with E-state index in [2.05, 4.69) is 15.6 Å². The van der Waals surface area contributed by atoms with Crippen molar-refractivity contribution in [1.29, 1.82) is 0 Å². The van der Waals surface area contributed by atoms with Crippen molar-refractivity contribution in [2.45, 2.75) is 43.6 Å². The molecule has 0 aliphatic heterocycles. The van der Waals surface area contributed by atoms with Crippen molar-refractivity contribution in [3.05, 3.63) is 101 Å². The Labute approximate surface area is 234 Å². The second-order valence-corrected chi connectivity index (χ2v) is 11.1. The van der Waals surface area contributed by atoms with E-state index in [4.69, 9.17) is 0 Å². The Morgan fingerprint density at radius 2 is 1.39 bits per heavy atom. The molecular formula is C27H27F3N4O6S. The van der Waals surface area contributed by atoms with Crippen LogP contribution in [0.1, 0.15) is 46.0 Å². The maximum atomic E-state index is 13.0. The Bertz CT molecular complexity index is 1500. The third kappa shape index (κ3) is 8.19. The number of benzene rings is 2. The van der Waals surface area contributed by atoms with Gasteiger partial charge in [0.1, 0.15) is 11.4 Å². The third-order valence-electron chi connectivity index (χ3n) is 5.91. The molecule has 10 nitrogen and oxygen atoms in total. The fourth-order valence-corrected chi connectivity index (χ4v) is 4.27. The number of carbonyl (C=O) groups excluding carboxylic acids is 3. The largest absolute Gasteiger partial charge is 0.511 e. The molecule has 0 radical (unpaired) electrons. The number of hydrogen-bond donors (Lipinski definition) is 4. The molecular weight excluding hydrogens is 565 g/mol. The summed E-state index contributed by atoms with van der Waals surface area (Å²) in [6.07, 6.45) is -3.12. The lowest BCUT2D eigenvalue weighted by molar-refractivity contribution is -0.129. The van der Waals surface area contributed by atoms with E-state index in [1.807, 2.05) is 30.3 Å². The predicted octanol–water partition coefficient (Wildman–Crippen LogP) is 2.41. The minimum absolute atomic E-state index is 0.134. The minimum atomic E-state index is -6.07. The molecule has 2 aromatic carbocycles. The molecule has 2 atom stereocenters. The number of amides is 2. The van der Waals surface area contributed by atoms with Gasteiger partial charge in [0.05, 0.1) is 11.6 Å². The normalized spacial score (nSPS) is 13.6. The SMILES string of the molecule is CC(C)(NC(=O)c1cccc(C(=O)NC(Cc2ccccc2)C(=O)C(O)NS(=O)(=O)C(F)(F)F)n1)c1ccccc1. The van der Waals surface area contributed by atoms with Gasteiger partial charge in [-0.05, 0) is 43.5 Å². The van der Waals surface area contributed by atoms with E-state index in [1.165, 1.54) is 18.2 Å². The molecule has 0 spiro atoms. The number of Topliss-reactive ketones (excluding diaryl/α,β-unsaturated/α-hetero) is 1. The van der Waals surface area contributed by atoms with Crippen LogP contribution in [0.25, 0.3) is 0 Å². The summed E-state index contributed by atoms with van der Waals surface area (Å²) in [5.41, 5.74) is -5.78. The number of ketones is 1. The van der Waals surface area contributed by atoms with Crippen LogP contribution in [0.5, 0.6) is 0 Å². The molecule has 0 bridgehead atoms. The first-order valence-corrected chi connectivity index (χ1v) is 13.6. The van der Waals surface area contributed by atoms with Crippen LogP contribution in [0, 0.1) is 0 Å². The van der Waals surface area contributed by atoms with Gasteiger partial charge in [-0.25, -0.2) is 13.4 Å². The number of aliphatic hydroxyl groups excluding tert-OH is 1. The maximum absolute atomic E-state index is 13.0. The summed E-state index contributed by atoms with van der Waals surface area (Å²) in [6.45, 7) is 3.55. The molecule has 41 heavy (non-hydrogen) atoms. The molecule has 4 N–H and O–H groups in total. The van der Waals surface area contributed by atoms with Crippen LogP contribution in [-0.4, -0.2) is 53.9 Å². The van der Waals surface area contributed by atoms with Gasteiger partial charge in [0.2, 0.25) is 0 Å². The first-order chi connectivity index (χ1) is 19.1. The summed E-state index contributed by atoms with van der Waals surface area (Å²) in [6, 6.07) is 19.3. The Morgan fingerprint density at radius 1 is 0.854 bits per heavy atom. The number of alkyl halides is 3. The summed E-state index contributed by atoms with van der Waals surface area (Å²) in [5.74, 6) is -3.06. The molecule has 218 valence electrons. The van der Waals surface area contributed by atoms with Gasteiger partial charge < -0.3 is 15.7 Å². The minimum Gasteiger partial charge on any atom is -0.370 e. The highest BCUT2D eigenvalue weighted by Gasteiger charge is 2.48. The summed E-state index contributed by atoms with van der Waals surface area (Å²) in [4.78, 5) is 42.9. The van der Waals surface area contributed by atoms with E-state index < -0.39 is 50.9 Å². The van der Waals surface area contributed by atoms with E-state index in [-0.39, 0.29) is 17.8 Å². The van der Waals surface area contributed by atoms with E-state index in [0.717, 1.165) is 10.3 Å². The van der Waals surface area contributed by atoms with E-state index in [0.29, 0.717) is 5.56 Å². The molecule has 0 saturated carbocycles. The number of pyridine rings is 1. The number of nitrogens with zero attached hydrogens (tertiary/aromatic N) is 1. The van der Waals surface area contributed by atoms with Gasteiger partial charge >= 0.3 is 15.5 Å². The number of aliphatic hydroxyl groups is 1. The fourth-order valence-electron chi connectivity index (χ4n) is 3.73. The van der Waals surface area contributed by atoms with E-state index >= 15 is 0 Å². The van der Waals surface area contributed by atoms with Gasteiger partial charge in [-0.15, -0.1) is 0 Å². The summed E-state index contributed by atoms with van der Waals surface area (Å²) >= 11 is 0. The number of aromatic nitrogens is 1. The number of hydrogen-bond acceptors (Lipinski definition) is 7. The van der Waals surface area contributed by atoms with E-state index in [9.17, 15) is 41.1 Å². The topological polar surface area (TPSA) is 155 Å². The number of sulfonamides is 1. The van der Waals surface area contributed by atoms with Crippen molar-refractivity contribution in [1.82, 2.24) is 20.3 Å². The molecule has 0 saturated heterocycles. The highest BCUT2D eigenvalue weighted by molar-refractivity contribution is 7.90. The lowest BCUT2D eigenvalue weighted by Gasteiger charge is -2.26. The van der Waals surface area contributed by atoms with Crippen LogP contribution in [-0.2, 0) is 26.8 Å². The number of carbonyl (C=O) groups is 3. The Morgan fingerprint density at radius 3 is 1.95 bits per heavy atom. The lowest BCUT2D eigenvalue weighted by atomic mass is 9.94. The monoisotopic (exact) mass is 592 g/mol. The van der Waals surface area contributed by atoms with Crippen molar-refractivity contribution in [3.63, 3.8) is 0 Å². The molecule has 3 aromatic rings. The molecule has 0 aliphatic carbocycles. The maximum Gasteiger partial charge on any atom is 0.511 e. The first-order valence-electron chi connectivity index (χ1n) is 12.1. The van der Waals surface area contributed by atoms with Crippen LogP contribution < -0.4 is 15.4 Å². The van der Waals surface area contributed by atoms with Crippen molar-refractivity contribution in [2.75, 3.05) is 0 Å². The van der Waals surface area contributed by atoms with Crippen LogP contribution in [0.15, 0.2) is 78.9 Å². The zero-order chi connectivity index (χ0) is 30.4. The van der Waals surface area contributed by atoms with Gasteiger partial charge in [0, 0.05) is 0 Å². The summed E-state index contributed by atoms with van der Waals surface area (Å²) in [7, 11) is -6.07. The van der Waals surface area contributed by atoms with Gasteiger partial charge in [-0.3, -0.25) is 14.4 Å². The summed E-state index contributed by atoms with van der Waals surface area (Å²) in [5, 5.41) is 15.1. The highest BCUT2D eigenvalue weighted by Crippen LogP contribution is 2.22. The average Bonchev–Trinajstić information content (AvgIpc) is 2.92. The van der Waals surface area contributed by atoms with Crippen molar-refractivity contribution in [2.24, 2.45) is 0 Å². The highest BCUT2D eigenvalue weighted by atomic mass is 32.2. The second kappa shape index (κ2) is 12.6. The second-order valence-electron chi connectivity index (χ2n) is 9.44. The predicted molar refractivity (Wildman–Crippen MR) is 142 cm³/mol. The van der Waals surface area contributed by atoms with Crippen molar-refractivity contribution in [3.8, 4) is 0 Å². The Hall–Kier alpha value is -4.14. The number of halogens is 3. The molecule has 1 heterocycles. The van der Waals surface area contributed by atoms with Crippen LogP contribution in [0.3, 0.4) is 0 Å². The third-order valence-corrected chi connectivity index (χ3v) is 7.05. The van der Waals surface area contributed by atoms with Crippen molar-refractivity contribution >= 4 is 27.6 Å². The smallest absolute Gasteiger partial charge is 0.370 e. The molecule has 0 aliphatic rings.